The number of hydrogen-bond acceptors (Lipinski definition) is 6. The molecule has 0 saturated carbocycles. The minimum absolute atomic E-state index is 0.0650. The molecule has 1 unspecified atom stereocenters. The number of aromatic nitrogens is 4. The molecule has 5 rings (SSSR count). The summed E-state index contributed by atoms with van der Waals surface area (Å²) in [6.45, 7) is 2.58. The van der Waals surface area contributed by atoms with Crippen molar-refractivity contribution in [2.45, 2.75) is 44.8 Å². The van der Waals surface area contributed by atoms with Crippen molar-refractivity contribution in [3.63, 3.8) is 0 Å². The smallest absolute Gasteiger partial charge is 0.379 e. The second-order valence-corrected chi connectivity index (χ2v) is 9.58. The number of aliphatic hydroxyl groups is 1. The molecule has 0 aliphatic carbocycles. The van der Waals surface area contributed by atoms with Crippen LogP contribution in [0.2, 0.25) is 0 Å². The molecular formula is C27H28F4N6O. The van der Waals surface area contributed by atoms with Crippen molar-refractivity contribution in [1.82, 2.24) is 24.9 Å². The summed E-state index contributed by atoms with van der Waals surface area (Å²) >= 11 is 0. The first-order chi connectivity index (χ1) is 18.1. The summed E-state index contributed by atoms with van der Waals surface area (Å²) in [6.07, 6.45) is -2.74. The molecule has 4 aromatic rings. The van der Waals surface area contributed by atoms with Crippen LogP contribution < -0.4 is 4.90 Å². The zero-order chi connectivity index (χ0) is 27.0. The van der Waals surface area contributed by atoms with E-state index in [0.717, 1.165) is 40.1 Å². The number of halogens is 4. The summed E-state index contributed by atoms with van der Waals surface area (Å²) in [5.74, 6) is -0.202. The topological polar surface area (TPSA) is 70.3 Å². The summed E-state index contributed by atoms with van der Waals surface area (Å²) in [7, 11) is 1.85. The SMILES string of the molecule is CC(O)N(Cc1ccc(F)cc1C(F)(F)F)C1CCN(c2nnc(-c3ccnn3C)c3ccccc23)CC1. The molecular weight excluding hydrogens is 500 g/mol. The van der Waals surface area contributed by atoms with Crippen LogP contribution in [0.25, 0.3) is 22.2 Å². The molecule has 0 amide bonds. The van der Waals surface area contributed by atoms with E-state index in [1.54, 1.807) is 22.7 Å². The van der Waals surface area contributed by atoms with Crippen molar-refractivity contribution >= 4 is 16.6 Å². The molecule has 0 bridgehead atoms. The number of piperidine rings is 1. The van der Waals surface area contributed by atoms with E-state index in [0.29, 0.717) is 32.0 Å². The largest absolute Gasteiger partial charge is 0.416 e. The number of anilines is 1. The number of benzene rings is 2. The maximum atomic E-state index is 13.6. The Bertz CT molecular complexity index is 1430. The highest BCUT2D eigenvalue weighted by Crippen LogP contribution is 2.35. The molecule has 1 N–H and O–H groups in total. The van der Waals surface area contributed by atoms with Crippen molar-refractivity contribution in [2.75, 3.05) is 18.0 Å². The van der Waals surface area contributed by atoms with Gasteiger partial charge in [-0.2, -0.15) is 18.3 Å². The van der Waals surface area contributed by atoms with Gasteiger partial charge in [0.15, 0.2) is 5.82 Å². The molecule has 3 heterocycles. The fraction of sp³-hybridized carbons (Fsp3) is 0.370. The maximum Gasteiger partial charge on any atom is 0.416 e. The van der Waals surface area contributed by atoms with Gasteiger partial charge in [0.1, 0.15) is 17.7 Å². The summed E-state index contributed by atoms with van der Waals surface area (Å²) in [5, 5.41) is 25.7. The predicted octanol–water partition coefficient (Wildman–Crippen LogP) is 5.00. The van der Waals surface area contributed by atoms with Gasteiger partial charge in [0.25, 0.3) is 0 Å². The molecule has 1 aliphatic rings. The quantitative estimate of drug-likeness (QED) is 0.281. The van der Waals surface area contributed by atoms with Gasteiger partial charge >= 0.3 is 6.18 Å². The molecule has 2 aromatic heterocycles. The Balaban J connectivity index is 1.37. The molecule has 7 nitrogen and oxygen atoms in total. The number of aryl methyl sites for hydroxylation is 1. The van der Waals surface area contributed by atoms with Crippen LogP contribution in [0.3, 0.4) is 0 Å². The lowest BCUT2D eigenvalue weighted by Gasteiger charge is -2.40. The number of nitrogens with zero attached hydrogens (tertiary/aromatic N) is 6. The van der Waals surface area contributed by atoms with Crippen LogP contribution in [0.15, 0.2) is 54.7 Å². The second-order valence-electron chi connectivity index (χ2n) is 9.58. The zero-order valence-electron chi connectivity index (χ0n) is 21.0. The van der Waals surface area contributed by atoms with E-state index in [1.165, 1.54) is 0 Å². The lowest BCUT2D eigenvalue weighted by atomic mass is 9.99. The first-order valence-electron chi connectivity index (χ1n) is 12.4. The molecule has 200 valence electrons. The Kier molecular flexibility index (Phi) is 7.06. The molecule has 0 spiro atoms. The molecule has 38 heavy (non-hydrogen) atoms. The number of hydrogen-bond donors (Lipinski definition) is 1. The Morgan fingerprint density at radius 1 is 1.05 bits per heavy atom. The van der Waals surface area contributed by atoms with Gasteiger partial charge in [0.2, 0.25) is 0 Å². The van der Waals surface area contributed by atoms with Crippen LogP contribution in [0.5, 0.6) is 0 Å². The highest BCUT2D eigenvalue weighted by molar-refractivity contribution is 5.99. The molecule has 11 heteroatoms. The average Bonchev–Trinajstić information content (AvgIpc) is 3.32. The van der Waals surface area contributed by atoms with Gasteiger partial charge in [0, 0.05) is 49.7 Å². The van der Waals surface area contributed by atoms with E-state index in [-0.39, 0.29) is 18.2 Å². The van der Waals surface area contributed by atoms with Crippen molar-refractivity contribution in [3.8, 4) is 11.4 Å². The highest BCUT2D eigenvalue weighted by atomic mass is 19.4. The van der Waals surface area contributed by atoms with Gasteiger partial charge in [-0.25, -0.2) is 4.39 Å². The van der Waals surface area contributed by atoms with Gasteiger partial charge in [-0.1, -0.05) is 30.3 Å². The Labute approximate surface area is 217 Å². The summed E-state index contributed by atoms with van der Waals surface area (Å²) in [4.78, 5) is 3.77. The first kappa shape index (κ1) is 26.1. The molecule has 1 aliphatic heterocycles. The van der Waals surface area contributed by atoms with Gasteiger partial charge < -0.3 is 10.0 Å². The van der Waals surface area contributed by atoms with Crippen LogP contribution >= 0.6 is 0 Å². The van der Waals surface area contributed by atoms with Crippen molar-refractivity contribution in [1.29, 1.82) is 0 Å². The zero-order valence-corrected chi connectivity index (χ0v) is 21.0. The molecule has 2 aromatic carbocycles. The lowest BCUT2D eigenvalue weighted by molar-refractivity contribution is -0.139. The predicted molar refractivity (Wildman–Crippen MR) is 136 cm³/mol. The van der Waals surface area contributed by atoms with Crippen LogP contribution in [-0.2, 0) is 19.8 Å². The van der Waals surface area contributed by atoms with Gasteiger partial charge in [-0.05, 0) is 43.5 Å². The molecule has 1 saturated heterocycles. The van der Waals surface area contributed by atoms with Gasteiger partial charge in [-0.3, -0.25) is 9.58 Å². The van der Waals surface area contributed by atoms with Crippen molar-refractivity contribution in [2.24, 2.45) is 7.05 Å². The Morgan fingerprint density at radius 3 is 2.39 bits per heavy atom. The Morgan fingerprint density at radius 2 is 1.76 bits per heavy atom. The highest BCUT2D eigenvalue weighted by Gasteiger charge is 2.36. The number of rotatable bonds is 6. The van der Waals surface area contributed by atoms with Gasteiger partial charge in [-0.15, -0.1) is 10.2 Å². The summed E-state index contributed by atoms with van der Waals surface area (Å²) in [5.41, 5.74) is 0.505. The van der Waals surface area contributed by atoms with Crippen molar-refractivity contribution in [3.05, 3.63) is 71.7 Å². The Hall–Kier alpha value is -3.57. The fourth-order valence-corrected chi connectivity index (χ4v) is 5.24. The van der Waals surface area contributed by atoms with Crippen LogP contribution in [0.1, 0.15) is 30.9 Å². The van der Waals surface area contributed by atoms with E-state index in [9.17, 15) is 22.7 Å². The van der Waals surface area contributed by atoms with Gasteiger partial charge in [0.05, 0.1) is 11.3 Å². The third-order valence-electron chi connectivity index (χ3n) is 7.17. The lowest BCUT2D eigenvalue weighted by Crippen LogP contribution is -2.48. The van der Waals surface area contributed by atoms with Crippen LogP contribution in [0, 0.1) is 5.82 Å². The molecule has 0 radical (unpaired) electrons. The summed E-state index contributed by atoms with van der Waals surface area (Å²) in [6, 6.07) is 12.3. The number of fused-ring (bicyclic) bond motifs is 1. The molecule has 1 fully saturated rings. The van der Waals surface area contributed by atoms with E-state index >= 15 is 0 Å². The number of alkyl halides is 3. The molecule has 1 atom stereocenters. The van der Waals surface area contributed by atoms with E-state index < -0.39 is 23.8 Å². The monoisotopic (exact) mass is 528 g/mol. The van der Waals surface area contributed by atoms with Crippen LogP contribution in [0.4, 0.5) is 23.4 Å². The standard InChI is InChI=1S/C27H28F4N6O/c1-17(38)37(16-18-7-8-19(28)15-23(18)27(29,30)31)20-10-13-36(14-11-20)26-22-6-4-3-5-21(22)25(33-34-26)24-9-12-32-35(24)2/h3-9,12,15,17,20,38H,10-11,13-14,16H2,1-2H3. The minimum atomic E-state index is -4.69. The minimum Gasteiger partial charge on any atom is -0.379 e. The normalized spacial score (nSPS) is 15.9. The average molecular weight is 529 g/mol. The van der Waals surface area contributed by atoms with E-state index in [4.69, 9.17) is 0 Å². The maximum absolute atomic E-state index is 13.6. The van der Waals surface area contributed by atoms with E-state index in [2.05, 4.69) is 20.2 Å². The van der Waals surface area contributed by atoms with Crippen LogP contribution in [-0.4, -0.2) is 55.3 Å². The first-order valence-corrected chi connectivity index (χ1v) is 12.4. The third kappa shape index (κ3) is 5.08. The second kappa shape index (κ2) is 10.3. The van der Waals surface area contributed by atoms with E-state index in [1.807, 2.05) is 37.4 Å². The third-order valence-corrected chi connectivity index (χ3v) is 7.17. The van der Waals surface area contributed by atoms with Crippen molar-refractivity contribution < 1.29 is 22.7 Å². The number of aliphatic hydroxyl groups excluding tert-OH is 1. The summed E-state index contributed by atoms with van der Waals surface area (Å²) < 4.78 is 56.0. The fourth-order valence-electron chi connectivity index (χ4n) is 5.24.